The lowest BCUT2D eigenvalue weighted by atomic mass is 10.2. The fraction of sp³-hybridized carbons (Fsp3) is 0.200. The minimum absolute atomic E-state index is 0.0234. The Labute approximate surface area is 167 Å². The van der Waals surface area contributed by atoms with E-state index in [0.717, 1.165) is 5.56 Å². The van der Waals surface area contributed by atoms with Crippen molar-refractivity contribution < 1.29 is 14.5 Å². The number of hydrogen-bond acceptors (Lipinski definition) is 4. The Morgan fingerprint density at radius 2 is 1.93 bits per heavy atom. The summed E-state index contributed by atoms with van der Waals surface area (Å²) in [6, 6.07) is 13.8. The number of nitrogens with zero attached hydrogens (tertiary/aromatic N) is 2. The normalized spacial score (nSPS) is 10.6. The summed E-state index contributed by atoms with van der Waals surface area (Å²) in [6.45, 7) is 2.73. The van der Waals surface area contributed by atoms with Crippen molar-refractivity contribution in [3.63, 3.8) is 0 Å². The zero-order chi connectivity index (χ0) is 20.5. The van der Waals surface area contributed by atoms with Crippen molar-refractivity contribution in [2.75, 3.05) is 13.1 Å². The van der Waals surface area contributed by atoms with Gasteiger partial charge in [-0.2, -0.15) is 0 Å². The summed E-state index contributed by atoms with van der Waals surface area (Å²) in [5.74, 6) is -0.669. The lowest BCUT2D eigenvalue weighted by Crippen LogP contribution is -2.39. The van der Waals surface area contributed by atoms with Crippen molar-refractivity contribution in [3.8, 4) is 0 Å². The van der Waals surface area contributed by atoms with Crippen LogP contribution in [0.3, 0.4) is 0 Å². The zero-order valence-corrected chi connectivity index (χ0v) is 16.1. The van der Waals surface area contributed by atoms with Crippen molar-refractivity contribution in [1.82, 2.24) is 10.2 Å². The molecule has 0 aliphatic carbocycles. The molecule has 2 amide bonds. The fourth-order valence-electron chi connectivity index (χ4n) is 2.46. The van der Waals surface area contributed by atoms with Gasteiger partial charge < -0.3 is 10.2 Å². The second kappa shape index (κ2) is 10.2. The van der Waals surface area contributed by atoms with Gasteiger partial charge in [0.15, 0.2) is 0 Å². The molecule has 0 spiro atoms. The van der Waals surface area contributed by atoms with E-state index in [1.165, 1.54) is 24.3 Å². The van der Waals surface area contributed by atoms with E-state index in [0.29, 0.717) is 18.7 Å². The van der Waals surface area contributed by atoms with Crippen molar-refractivity contribution >= 4 is 35.2 Å². The first-order valence-corrected chi connectivity index (χ1v) is 9.00. The zero-order valence-electron chi connectivity index (χ0n) is 15.3. The topological polar surface area (TPSA) is 92.6 Å². The van der Waals surface area contributed by atoms with Gasteiger partial charge in [0.1, 0.15) is 5.02 Å². The molecule has 8 heteroatoms. The lowest BCUT2D eigenvalue weighted by Gasteiger charge is -2.21. The van der Waals surface area contributed by atoms with E-state index in [9.17, 15) is 19.7 Å². The SMILES string of the molecule is CCN(Cc1ccccc1)C(=O)CNC(=O)/C=C/c1ccc(Cl)c([N+](=O)[O-])c1. The molecular formula is C20H20ClN3O4. The van der Waals surface area contributed by atoms with Gasteiger partial charge >= 0.3 is 0 Å². The molecule has 7 nitrogen and oxygen atoms in total. The van der Waals surface area contributed by atoms with E-state index in [1.807, 2.05) is 37.3 Å². The third kappa shape index (κ3) is 6.21. The van der Waals surface area contributed by atoms with Gasteiger partial charge in [0.25, 0.3) is 5.69 Å². The maximum absolute atomic E-state index is 12.3. The minimum atomic E-state index is -0.593. The molecule has 0 atom stereocenters. The van der Waals surface area contributed by atoms with Crippen molar-refractivity contribution in [3.05, 3.63) is 80.9 Å². The van der Waals surface area contributed by atoms with Crippen LogP contribution < -0.4 is 5.32 Å². The number of nitrogens with one attached hydrogen (secondary N) is 1. The Hall–Kier alpha value is -3.19. The van der Waals surface area contributed by atoms with Crippen LogP contribution in [0.25, 0.3) is 6.08 Å². The number of carbonyl (C=O) groups is 2. The maximum Gasteiger partial charge on any atom is 0.288 e. The third-order valence-corrected chi connectivity index (χ3v) is 4.28. The molecule has 0 aromatic heterocycles. The summed E-state index contributed by atoms with van der Waals surface area (Å²) in [4.78, 5) is 36.2. The molecule has 0 aliphatic rings. The Balaban J connectivity index is 1.90. The van der Waals surface area contributed by atoms with Crippen LogP contribution in [0.2, 0.25) is 5.02 Å². The van der Waals surface area contributed by atoms with Gasteiger partial charge in [-0.05, 0) is 30.2 Å². The summed E-state index contributed by atoms with van der Waals surface area (Å²) in [7, 11) is 0. The summed E-state index contributed by atoms with van der Waals surface area (Å²) in [5.41, 5.74) is 1.23. The summed E-state index contributed by atoms with van der Waals surface area (Å²) in [6.07, 6.45) is 2.64. The van der Waals surface area contributed by atoms with E-state index in [-0.39, 0.29) is 23.2 Å². The van der Waals surface area contributed by atoms with Crippen LogP contribution >= 0.6 is 11.6 Å². The number of halogens is 1. The molecule has 2 aromatic rings. The average Bonchev–Trinajstić information content (AvgIpc) is 2.70. The highest BCUT2D eigenvalue weighted by atomic mass is 35.5. The summed E-state index contributed by atoms with van der Waals surface area (Å²) >= 11 is 5.75. The van der Waals surface area contributed by atoms with Crippen LogP contribution in [0.1, 0.15) is 18.1 Å². The average molecular weight is 402 g/mol. The molecule has 0 unspecified atom stereocenters. The predicted molar refractivity (Wildman–Crippen MR) is 108 cm³/mol. The Morgan fingerprint density at radius 3 is 2.57 bits per heavy atom. The number of hydrogen-bond donors (Lipinski definition) is 1. The number of likely N-dealkylation sites (N-methyl/N-ethyl adjacent to an activating group) is 1. The first-order chi connectivity index (χ1) is 13.4. The quantitative estimate of drug-likeness (QED) is 0.416. The van der Waals surface area contributed by atoms with Crippen molar-refractivity contribution in [2.24, 2.45) is 0 Å². The Morgan fingerprint density at radius 1 is 1.21 bits per heavy atom. The number of amides is 2. The number of rotatable bonds is 8. The van der Waals surface area contributed by atoms with Crippen molar-refractivity contribution in [1.29, 1.82) is 0 Å². The molecule has 1 N–H and O–H groups in total. The van der Waals surface area contributed by atoms with Crippen LogP contribution in [0.5, 0.6) is 0 Å². The van der Waals surface area contributed by atoms with Gasteiger partial charge in [0, 0.05) is 25.2 Å². The highest BCUT2D eigenvalue weighted by Crippen LogP contribution is 2.25. The van der Waals surface area contributed by atoms with Crippen molar-refractivity contribution in [2.45, 2.75) is 13.5 Å². The van der Waals surface area contributed by atoms with Gasteiger partial charge in [-0.1, -0.05) is 48.0 Å². The van der Waals surface area contributed by atoms with E-state index < -0.39 is 10.8 Å². The van der Waals surface area contributed by atoms with Crippen LogP contribution in [0.4, 0.5) is 5.69 Å². The van der Waals surface area contributed by atoms with Gasteiger partial charge in [-0.3, -0.25) is 19.7 Å². The van der Waals surface area contributed by atoms with E-state index >= 15 is 0 Å². The molecule has 0 saturated carbocycles. The molecule has 0 saturated heterocycles. The molecule has 0 bridgehead atoms. The molecule has 0 aliphatic heterocycles. The number of benzene rings is 2. The standard InChI is InChI=1S/C20H20ClN3O4/c1-2-23(14-16-6-4-3-5-7-16)20(26)13-22-19(25)11-9-15-8-10-17(21)18(12-15)24(27)28/h3-12H,2,13-14H2,1H3,(H,22,25)/b11-9+. The van der Waals surface area contributed by atoms with Crippen LogP contribution in [0.15, 0.2) is 54.6 Å². The summed E-state index contributed by atoms with van der Waals surface area (Å²) < 4.78 is 0. The fourth-order valence-corrected chi connectivity index (χ4v) is 2.65. The Bertz CT molecular complexity index is 884. The first kappa shape index (κ1) is 21.1. The molecule has 146 valence electrons. The monoisotopic (exact) mass is 401 g/mol. The highest BCUT2D eigenvalue weighted by molar-refractivity contribution is 6.32. The first-order valence-electron chi connectivity index (χ1n) is 8.62. The van der Waals surface area contributed by atoms with Gasteiger partial charge in [-0.25, -0.2) is 0 Å². The summed E-state index contributed by atoms with van der Waals surface area (Å²) in [5, 5.41) is 13.4. The molecule has 0 fully saturated rings. The molecule has 0 heterocycles. The smallest absolute Gasteiger partial charge is 0.288 e. The van der Waals surface area contributed by atoms with Gasteiger partial charge in [-0.15, -0.1) is 0 Å². The van der Waals surface area contributed by atoms with Gasteiger partial charge in [0.2, 0.25) is 11.8 Å². The maximum atomic E-state index is 12.3. The lowest BCUT2D eigenvalue weighted by molar-refractivity contribution is -0.384. The number of nitro benzene ring substituents is 1. The largest absolute Gasteiger partial charge is 0.343 e. The second-order valence-corrected chi connectivity index (χ2v) is 6.32. The van der Waals surface area contributed by atoms with E-state index in [1.54, 1.807) is 11.0 Å². The predicted octanol–water partition coefficient (Wildman–Crippen LogP) is 3.43. The molecule has 2 rings (SSSR count). The minimum Gasteiger partial charge on any atom is -0.343 e. The molecule has 0 radical (unpaired) electrons. The molecule has 2 aromatic carbocycles. The van der Waals surface area contributed by atoms with Crippen LogP contribution in [-0.4, -0.2) is 34.7 Å². The Kier molecular flexibility index (Phi) is 7.71. The van der Waals surface area contributed by atoms with Gasteiger partial charge in [0.05, 0.1) is 11.5 Å². The highest BCUT2D eigenvalue weighted by Gasteiger charge is 2.13. The second-order valence-electron chi connectivity index (χ2n) is 5.91. The van der Waals surface area contributed by atoms with E-state index in [4.69, 9.17) is 11.6 Å². The number of nitro groups is 1. The third-order valence-electron chi connectivity index (χ3n) is 3.96. The van der Waals surface area contributed by atoms with E-state index in [2.05, 4.69) is 5.32 Å². The molecule has 28 heavy (non-hydrogen) atoms. The number of carbonyl (C=O) groups excluding carboxylic acids is 2. The molecular weight excluding hydrogens is 382 g/mol. The van der Waals surface area contributed by atoms with Crippen LogP contribution in [-0.2, 0) is 16.1 Å². The van der Waals surface area contributed by atoms with Crippen LogP contribution in [0, 0.1) is 10.1 Å².